The summed E-state index contributed by atoms with van der Waals surface area (Å²) in [5.41, 5.74) is 0. The lowest BCUT2D eigenvalue weighted by molar-refractivity contribution is -0.144. The van der Waals surface area contributed by atoms with E-state index >= 15 is 0 Å². The van der Waals surface area contributed by atoms with E-state index in [1.54, 1.807) is 0 Å². The van der Waals surface area contributed by atoms with Crippen LogP contribution in [-0.4, -0.2) is 12.6 Å². The van der Waals surface area contributed by atoms with Crippen molar-refractivity contribution in [1.82, 2.24) is 0 Å². The van der Waals surface area contributed by atoms with Gasteiger partial charge in [-0.3, -0.25) is 4.79 Å². The Morgan fingerprint density at radius 1 is 0.486 bits per heavy atom. The molecule has 0 aliphatic carbocycles. The number of rotatable bonds is 28. The van der Waals surface area contributed by atoms with Gasteiger partial charge in [-0.15, -0.1) is 0 Å². The highest BCUT2D eigenvalue weighted by Crippen LogP contribution is 2.23. The normalized spacial score (nSPS) is 14.1. The molecule has 0 spiro atoms. The Balaban J connectivity index is 3.48. The van der Waals surface area contributed by atoms with Gasteiger partial charge in [0.25, 0.3) is 0 Å². The van der Waals surface area contributed by atoms with Crippen molar-refractivity contribution in [1.29, 1.82) is 0 Å². The number of carbonyl (C=O) groups is 1. The summed E-state index contributed by atoms with van der Waals surface area (Å²) in [6, 6.07) is 0. The number of hydrogen-bond acceptors (Lipinski definition) is 2. The van der Waals surface area contributed by atoms with Gasteiger partial charge < -0.3 is 4.74 Å². The molecule has 0 saturated carbocycles. The van der Waals surface area contributed by atoms with Crippen molar-refractivity contribution in [3.63, 3.8) is 0 Å². The van der Waals surface area contributed by atoms with Gasteiger partial charge in [0.2, 0.25) is 0 Å². The monoisotopic (exact) mass is 523 g/mol. The summed E-state index contributed by atoms with van der Waals surface area (Å²) in [6.07, 6.45) is 29.9. The lowest BCUT2D eigenvalue weighted by Crippen LogP contribution is -2.09. The predicted octanol–water partition coefficient (Wildman–Crippen LogP) is 12.1. The van der Waals surface area contributed by atoms with E-state index in [0.717, 1.165) is 30.6 Å². The topological polar surface area (TPSA) is 26.3 Å². The highest BCUT2D eigenvalue weighted by atomic mass is 16.5. The Kier molecular flexibility index (Phi) is 26.7. The van der Waals surface area contributed by atoms with E-state index in [4.69, 9.17) is 4.74 Å². The fourth-order valence-corrected chi connectivity index (χ4v) is 5.49. The number of ether oxygens (including phenoxy) is 1. The highest BCUT2D eigenvalue weighted by molar-refractivity contribution is 5.69. The minimum atomic E-state index is 0.0198. The SMILES string of the molecule is CCCCCCCCCCCCCCC(=O)OCCC(C)CCCC(C)CCCC(C)CCCC(C)C. The second kappa shape index (κ2) is 27.1. The predicted molar refractivity (Wildman–Crippen MR) is 165 cm³/mol. The molecule has 0 rings (SSSR count). The highest BCUT2D eigenvalue weighted by Gasteiger charge is 2.09. The van der Waals surface area contributed by atoms with Gasteiger partial charge in [-0.25, -0.2) is 0 Å². The molecule has 2 heteroatoms. The van der Waals surface area contributed by atoms with Crippen molar-refractivity contribution in [2.24, 2.45) is 23.7 Å². The third-order valence-corrected chi connectivity index (χ3v) is 8.37. The van der Waals surface area contributed by atoms with Crippen molar-refractivity contribution in [3.8, 4) is 0 Å². The van der Waals surface area contributed by atoms with Crippen LogP contribution in [0.25, 0.3) is 0 Å². The van der Waals surface area contributed by atoms with Gasteiger partial charge in [0, 0.05) is 6.42 Å². The average Bonchev–Trinajstić information content (AvgIpc) is 2.84. The van der Waals surface area contributed by atoms with Crippen LogP contribution in [0.1, 0.15) is 189 Å². The van der Waals surface area contributed by atoms with Crippen LogP contribution in [0.15, 0.2) is 0 Å². The molecule has 0 bridgehead atoms. The first-order valence-corrected chi connectivity index (χ1v) is 17.0. The molecule has 0 N–H and O–H groups in total. The number of hydrogen-bond donors (Lipinski definition) is 0. The van der Waals surface area contributed by atoms with E-state index in [1.807, 2.05) is 0 Å². The quantitative estimate of drug-likeness (QED) is 0.0754. The Hall–Kier alpha value is -0.530. The van der Waals surface area contributed by atoms with E-state index in [-0.39, 0.29) is 5.97 Å². The van der Waals surface area contributed by atoms with Crippen molar-refractivity contribution in [3.05, 3.63) is 0 Å². The molecule has 0 heterocycles. The minimum Gasteiger partial charge on any atom is -0.466 e. The summed E-state index contributed by atoms with van der Waals surface area (Å²) < 4.78 is 5.52. The van der Waals surface area contributed by atoms with Crippen LogP contribution in [0.5, 0.6) is 0 Å². The molecule has 37 heavy (non-hydrogen) atoms. The Bertz CT molecular complexity index is 472. The maximum atomic E-state index is 12.0. The fraction of sp³-hybridized carbons (Fsp3) is 0.971. The summed E-state index contributed by atoms with van der Waals surface area (Å²) in [5.74, 6) is 3.28. The molecule has 3 atom stereocenters. The molecule has 0 radical (unpaired) electrons. The maximum Gasteiger partial charge on any atom is 0.305 e. The van der Waals surface area contributed by atoms with Crippen molar-refractivity contribution in [2.45, 2.75) is 189 Å². The molecular weight excluding hydrogens is 452 g/mol. The van der Waals surface area contributed by atoms with Gasteiger partial charge in [0.05, 0.1) is 6.61 Å². The third kappa shape index (κ3) is 28.3. The molecule has 3 unspecified atom stereocenters. The second-order valence-electron chi connectivity index (χ2n) is 13.2. The number of unbranched alkanes of at least 4 members (excludes halogenated alkanes) is 11. The standard InChI is InChI=1S/C35H70O2/c1-7-8-9-10-11-12-13-14-15-16-17-18-28-35(36)37-30-29-34(6)27-21-26-33(5)25-20-24-32(4)23-19-22-31(2)3/h31-34H,7-30H2,1-6H3. The summed E-state index contributed by atoms with van der Waals surface area (Å²) in [7, 11) is 0. The Morgan fingerprint density at radius 3 is 1.30 bits per heavy atom. The third-order valence-electron chi connectivity index (χ3n) is 8.37. The van der Waals surface area contributed by atoms with E-state index in [0.29, 0.717) is 18.9 Å². The second-order valence-corrected chi connectivity index (χ2v) is 13.2. The molecule has 0 fully saturated rings. The molecule has 0 aromatic carbocycles. The van der Waals surface area contributed by atoms with Crippen LogP contribution in [0.4, 0.5) is 0 Å². The first-order chi connectivity index (χ1) is 17.8. The van der Waals surface area contributed by atoms with Crippen LogP contribution in [0.2, 0.25) is 0 Å². The average molecular weight is 523 g/mol. The largest absolute Gasteiger partial charge is 0.466 e. The van der Waals surface area contributed by atoms with Gasteiger partial charge in [-0.2, -0.15) is 0 Å². The first-order valence-electron chi connectivity index (χ1n) is 17.0. The van der Waals surface area contributed by atoms with Crippen molar-refractivity contribution in [2.75, 3.05) is 6.61 Å². The molecule has 0 aliphatic heterocycles. The van der Waals surface area contributed by atoms with Crippen LogP contribution in [0.3, 0.4) is 0 Å². The summed E-state index contributed by atoms with van der Waals surface area (Å²) in [4.78, 5) is 12.0. The summed E-state index contributed by atoms with van der Waals surface area (Å²) in [5, 5.41) is 0. The molecule has 0 aliphatic rings. The van der Waals surface area contributed by atoms with Crippen molar-refractivity contribution < 1.29 is 9.53 Å². The molecule has 0 amide bonds. The number of carbonyl (C=O) groups excluding carboxylic acids is 1. The van der Waals surface area contributed by atoms with Gasteiger partial charge in [0.1, 0.15) is 0 Å². The van der Waals surface area contributed by atoms with Crippen LogP contribution >= 0.6 is 0 Å². The van der Waals surface area contributed by atoms with Gasteiger partial charge in [-0.05, 0) is 36.5 Å². The zero-order valence-electron chi connectivity index (χ0n) is 26.6. The lowest BCUT2D eigenvalue weighted by Gasteiger charge is -2.16. The number of esters is 1. The molecule has 0 aromatic rings. The van der Waals surface area contributed by atoms with Crippen LogP contribution < -0.4 is 0 Å². The Morgan fingerprint density at radius 2 is 0.865 bits per heavy atom. The van der Waals surface area contributed by atoms with Gasteiger partial charge in [-0.1, -0.05) is 170 Å². The van der Waals surface area contributed by atoms with Crippen LogP contribution in [-0.2, 0) is 9.53 Å². The molecule has 222 valence electrons. The zero-order valence-corrected chi connectivity index (χ0v) is 26.6. The first kappa shape index (κ1) is 36.5. The lowest BCUT2D eigenvalue weighted by atomic mass is 9.91. The maximum absolute atomic E-state index is 12.0. The smallest absolute Gasteiger partial charge is 0.305 e. The van der Waals surface area contributed by atoms with E-state index in [1.165, 1.54) is 128 Å². The van der Waals surface area contributed by atoms with Gasteiger partial charge in [0.15, 0.2) is 0 Å². The Labute approximate surface area is 234 Å². The fourth-order valence-electron chi connectivity index (χ4n) is 5.49. The minimum absolute atomic E-state index is 0.0198. The van der Waals surface area contributed by atoms with Crippen molar-refractivity contribution >= 4 is 5.97 Å². The van der Waals surface area contributed by atoms with Crippen LogP contribution in [0, 0.1) is 23.7 Å². The molecule has 2 nitrogen and oxygen atoms in total. The molecule has 0 aromatic heterocycles. The van der Waals surface area contributed by atoms with E-state index < -0.39 is 0 Å². The van der Waals surface area contributed by atoms with E-state index in [9.17, 15) is 4.79 Å². The summed E-state index contributed by atoms with van der Waals surface area (Å²) >= 11 is 0. The molecular formula is C35H70O2. The zero-order chi connectivity index (χ0) is 27.6. The van der Waals surface area contributed by atoms with Gasteiger partial charge >= 0.3 is 5.97 Å². The summed E-state index contributed by atoms with van der Waals surface area (Å²) in [6.45, 7) is 14.8. The van der Waals surface area contributed by atoms with E-state index in [2.05, 4.69) is 41.5 Å². The molecule has 0 saturated heterocycles.